The lowest BCUT2D eigenvalue weighted by Gasteiger charge is -2.24. The fourth-order valence-corrected chi connectivity index (χ4v) is 7.11. The number of aromatic nitrogens is 1. The highest BCUT2D eigenvalue weighted by Gasteiger charge is 2.25. The van der Waals surface area contributed by atoms with Crippen LogP contribution in [0.15, 0.2) is 109 Å². The second kappa shape index (κ2) is 8.64. The molecule has 0 aliphatic rings. The minimum Gasteiger partial charge on any atom is -0.458 e. The monoisotopic (exact) mass is 459 g/mol. The van der Waals surface area contributed by atoms with Crippen molar-refractivity contribution in [2.45, 2.75) is 0 Å². The molecule has 0 saturated heterocycles. The Bertz CT molecular complexity index is 1290. The summed E-state index contributed by atoms with van der Waals surface area (Å²) in [6.45, 7) is 0. The van der Waals surface area contributed by atoms with Crippen LogP contribution >= 0.6 is 17.6 Å². The number of benzene rings is 4. The van der Waals surface area contributed by atoms with Crippen LogP contribution in [0.3, 0.4) is 0 Å². The van der Waals surface area contributed by atoms with E-state index >= 15 is 0 Å². The average molecular weight is 460 g/mol. The zero-order valence-corrected chi connectivity index (χ0v) is 18.9. The summed E-state index contributed by atoms with van der Waals surface area (Å²) in [7, 11) is 0. The molecule has 0 bridgehead atoms. The van der Waals surface area contributed by atoms with Crippen LogP contribution in [0, 0.1) is 0 Å². The van der Waals surface area contributed by atoms with Gasteiger partial charge in [-0.05, 0) is 36.1 Å². The van der Waals surface area contributed by atoms with E-state index in [-0.39, 0.29) is 0 Å². The Morgan fingerprint density at radius 1 is 0.677 bits per heavy atom. The Morgan fingerprint density at radius 3 is 1.97 bits per heavy atom. The molecule has 31 heavy (non-hydrogen) atoms. The first-order valence-electron chi connectivity index (χ1n) is 9.75. The molecule has 6 heteroatoms. The van der Waals surface area contributed by atoms with E-state index in [0.717, 1.165) is 20.8 Å². The molecule has 0 aliphatic heterocycles. The highest BCUT2D eigenvalue weighted by Crippen LogP contribution is 2.46. The Labute approximate surface area is 190 Å². The third-order valence-corrected chi connectivity index (χ3v) is 9.54. The van der Waals surface area contributed by atoms with E-state index < -0.39 is 6.26 Å². The first-order chi connectivity index (χ1) is 15.2. The second-order valence-electron chi connectivity index (χ2n) is 6.84. The van der Waals surface area contributed by atoms with E-state index in [0.29, 0.717) is 16.7 Å². The smallest absolute Gasteiger partial charge is 0.279 e. The van der Waals surface area contributed by atoms with Crippen molar-refractivity contribution in [1.82, 2.24) is 4.98 Å². The van der Waals surface area contributed by atoms with Gasteiger partial charge in [0.05, 0.1) is 10.2 Å². The summed E-state index contributed by atoms with van der Waals surface area (Å²) in [4.78, 5) is 4.55. The van der Waals surface area contributed by atoms with Gasteiger partial charge in [-0.3, -0.25) is 0 Å². The summed E-state index contributed by atoms with van der Waals surface area (Å²) in [5.41, 5.74) is 0.929. The summed E-state index contributed by atoms with van der Waals surface area (Å²) < 4.78 is 13.7. The summed E-state index contributed by atoms with van der Waals surface area (Å²) in [5.74, 6) is 1.34. The van der Waals surface area contributed by atoms with Crippen molar-refractivity contribution in [1.29, 1.82) is 0 Å². The normalized spacial score (nSPS) is 11.4. The number of fused-ring (bicyclic) bond motifs is 1. The Balaban J connectivity index is 1.47. The largest absolute Gasteiger partial charge is 0.458 e. The first kappa shape index (κ1) is 20.0. The van der Waals surface area contributed by atoms with Crippen LogP contribution < -0.4 is 19.9 Å². The van der Waals surface area contributed by atoms with Gasteiger partial charge in [0.25, 0.3) is 5.19 Å². The first-order valence-corrected chi connectivity index (χ1v) is 13.3. The number of hydrogen-bond donors (Lipinski definition) is 0. The molecule has 0 amide bonds. The van der Waals surface area contributed by atoms with Crippen LogP contribution in [0.25, 0.3) is 10.2 Å². The minimum atomic E-state index is -2.51. The van der Waals surface area contributed by atoms with E-state index in [9.17, 15) is 0 Å². The van der Waals surface area contributed by atoms with E-state index in [1.807, 2.05) is 109 Å². The van der Waals surface area contributed by atoms with Crippen molar-refractivity contribution in [3.05, 3.63) is 109 Å². The van der Waals surface area contributed by atoms with Gasteiger partial charge >= 0.3 is 0 Å². The number of hydrogen-bond acceptors (Lipinski definition) is 5. The number of nitrogens with zero attached hydrogens (tertiary/aromatic N) is 1. The predicted octanol–water partition coefficient (Wildman–Crippen LogP) is 6.51. The SMILES string of the molecule is S=P(Oc1cccc(Oc2nc3ccccc3s2)c1)(c1ccccc1)c1ccccc1. The molecular weight excluding hydrogens is 441 g/mol. The van der Waals surface area contributed by atoms with Crippen molar-refractivity contribution in [3.8, 4) is 16.7 Å². The van der Waals surface area contributed by atoms with Crippen molar-refractivity contribution in [3.63, 3.8) is 0 Å². The van der Waals surface area contributed by atoms with E-state index in [4.69, 9.17) is 21.1 Å². The van der Waals surface area contributed by atoms with Gasteiger partial charge in [0.2, 0.25) is 0 Å². The van der Waals surface area contributed by atoms with Crippen LogP contribution in [-0.2, 0) is 11.8 Å². The molecule has 0 N–H and O–H groups in total. The van der Waals surface area contributed by atoms with E-state index in [1.165, 1.54) is 11.3 Å². The van der Waals surface area contributed by atoms with Gasteiger partial charge in [-0.2, -0.15) is 0 Å². The highest BCUT2D eigenvalue weighted by molar-refractivity contribution is 8.19. The van der Waals surface area contributed by atoms with Crippen LogP contribution in [-0.4, -0.2) is 4.98 Å². The number of ether oxygens (including phenoxy) is 1. The van der Waals surface area contributed by atoms with Crippen molar-refractivity contribution in [2.75, 3.05) is 0 Å². The molecular formula is C25H18NO2PS2. The fourth-order valence-electron chi connectivity index (χ4n) is 3.24. The zero-order chi connectivity index (χ0) is 21.1. The van der Waals surface area contributed by atoms with Crippen LogP contribution in [0.4, 0.5) is 0 Å². The molecule has 152 valence electrons. The van der Waals surface area contributed by atoms with Gasteiger partial charge in [0.15, 0.2) is 6.26 Å². The highest BCUT2D eigenvalue weighted by atomic mass is 32.4. The zero-order valence-electron chi connectivity index (χ0n) is 16.4. The maximum Gasteiger partial charge on any atom is 0.279 e. The number of para-hydroxylation sites is 1. The molecule has 0 spiro atoms. The molecule has 1 aromatic heterocycles. The molecule has 3 nitrogen and oxygen atoms in total. The molecule has 0 unspecified atom stereocenters. The molecule has 0 radical (unpaired) electrons. The number of thiazole rings is 1. The van der Waals surface area contributed by atoms with Gasteiger partial charge in [-0.1, -0.05) is 90.2 Å². The quantitative estimate of drug-likeness (QED) is 0.271. The molecule has 0 saturated carbocycles. The second-order valence-corrected chi connectivity index (χ2v) is 11.7. The maximum absolute atomic E-state index is 6.54. The summed E-state index contributed by atoms with van der Waals surface area (Å²) >= 11 is 7.69. The molecule has 5 aromatic rings. The molecule has 1 heterocycles. The topological polar surface area (TPSA) is 31.4 Å². The van der Waals surface area contributed by atoms with Crippen molar-refractivity contribution in [2.24, 2.45) is 0 Å². The molecule has 0 aliphatic carbocycles. The van der Waals surface area contributed by atoms with Gasteiger partial charge in [0.1, 0.15) is 11.5 Å². The van der Waals surface area contributed by atoms with E-state index in [2.05, 4.69) is 4.98 Å². The van der Waals surface area contributed by atoms with Crippen LogP contribution in [0.1, 0.15) is 0 Å². The summed E-state index contributed by atoms with van der Waals surface area (Å²) in [6.07, 6.45) is -2.51. The van der Waals surface area contributed by atoms with Gasteiger partial charge in [-0.25, -0.2) is 4.98 Å². The lowest BCUT2D eigenvalue weighted by atomic mass is 10.3. The Morgan fingerprint density at radius 2 is 1.29 bits per heavy atom. The maximum atomic E-state index is 6.54. The minimum absolute atomic E-state index is 0.601. The van der Waals surface area contributed by atoms with Crippen LogP contribution in [0.5, 0.6) is 16.7 Å². The van der Waals surface area contributed by atoms with Gasteiger partial charge < -0.3 is 9.26 Å². The Kier molecular flexibility index (Phi) is 5.56. The predicted molar refractivity (Wildman–Crippen MR) is 133 cm³/mol. The van der Waals surface area contributed by atoms with Gasteiger partial charge in [0, 0.05) is 16.7 Å². The summed E-state index contributed by atoms with van der Waals surface area (Å²) in [6, 6.07) is 35.7. The van der Waals surface area contributed by atoms with Crippen molar-refractivity contribution < 1.29 is 9.26 Å². The third-order valence-electron chi connectivity index (χ3n) is 4.71. The van der Waals surface area contributed by atoms with Crippen LogP contribution in [0.2, 0.25) is 0 Å². The summed E-state index contributed by atoms with van der Waals surface area (Å²) in [5, 5.41) is 2.62. The standard InChI is InChI=1S/C25H18NO2PS2/c30-29(21-12-3-1-4-13-21,22-14-5-2-6-15-22)28-20-11-9-10-19(18-20)27-25-26-23-16-7-8-17-24(23)31-25/h1-18H. The fraction of sp³-hybridized carbons (Fsp3) is 0. The molecule has 0 atom stereocenters. The average Bonchev–Trinajstić information content (AvgIpc) is 3.23. The lowest BCUT2D eigenvalue weighted by Crippen LogP contribution is -2.19. The van der Waals surface area contributed by atoms with Crippen molar-refractivity contribution >= 4 is 50.2 Å². The lowest BCUT2D eigenvalue weighted by molar-refractivity contribution is 0.477. The Hall–Kier alpha value is -2.98. The number of rotatable bonds is 6. The van der Waals surface area contributed by atoms with E-state index in [1.54, 1.807) is 0 Å². The molecule has 0 fully saturated rings. The van der Waals surface area contributed by atoms with Gasteiger partial charge in [-0.15, -0.1) is 0 Å². The third kappa shape index (κ3) is 4.26. The molecule has 5 rings (SSSR count). The molecule has 4 aromatic carbocycles.